The first-order valence-corrected chi connectivity index (χ1v) is 16.2. The molecule has 11 heteroatoms. The summed E-state index contributed by atoms with van der Waals surface area (Å²) in [4.78, 5) is 44.5. The highest BCUT2D eigenvalue weighted by atomic mass is 79.9. The first-order chi connectivity index (χ1) is 21.7. The summed E-state index contributed by atoms with van der Waals surface area (Å²) in [7, 11) is 0. The molecule has 0 bridgehead atoms. The molecule has 0 aliphatic rings. The van der Waals surface area contributed by atoms with E-state index in [9.17, 15) is 18.8 Å². The number of carbonyl (C=O) groups is 3. The van der Waals surface area contributed by atoms with E-state index in [2.05, 4.69) is 36.9 Å². The molecule has 5 rings (SSSR count). The molecule has 0 saturated carbocycles. The van der Waals surface area contributed by atoms with Crippen LogP contribution in [0.5, 0.6) is 0 Å². The fourth-order valence-corrected chi connectivity index (χ4v) is 5.98. The van der Waals surface area contributed by atoms with Gasteiger partial charge in [-0.2, -0.15) is 0 Å². The minimum absolute atomic E-state index is 0.0698. The molecule has 4 aromatic carbocycles. The molecular weight excluding hydrogens is 675 g/mol. The predicted molar refractivity (Wildman–Crippen MR) is 183 cm³/mol. The molecule has 7 nitrogen and oxygen atoms in total. The van der Waals surface area contributed by atoms with Crippen LogP contribution in [0.25, 0.3) is 17.3 Å². The van der Waals surface area contributed by atoms with Gasteiger partial charge in [0.1, 0.15) is 11.5 Å². The number of benzene rings is 4. The van der Waals surface area contributed by atoms with Crippen molar-refractivity contribution >= 4 is 73.6 Å². The van der Waals surface area contributed by atoms with E-state index in [4.69, 9.17) is 0 Å². The number of rotatable bonds is 10. The van der Waals surface area contributed by atoms with Crippen LogP contribution in [0, 0.1) is 5.82 Å². The third-order valence-corrected chi connectivity index (χ3v) is 8.74. The van der Waals surface area contributed by atoms with Crippen molar-refractivity contribution in [2.24, 2.45) is 0 Å². The fourth-order valence-electron chi connectivity index (χ4n) is 4.06. The maximum Gasteiger partial charge on any atom is 0.272 e. The number of amides is 3. The van der Waals surface area contributed by atoms with Crippen LogP contribution in [-0.4, -0.2) is 28.0 Å². The van der Waals surface area contributed by atoms with Gasteiger partial charge >= 0.3 is 0 Å². The Morgan fingerprint density at radius 1 is 0.911 bits per heavy atom. The molecule has 0 fully saturated rings. The summed E-state index contributed by atoms with van der Waals surface area (Å²) in [5.41, 5.74) is 3.11. The Morgan fingerprint density at radius 3 is 2.38 bits per heavy atom. The van der Waals surface area contributed by atoms with Gasteiger partial charge in [0.25, 0.3) is 11.8 Å². The fraction of sp³-hybridized carbons (Fsp3) is 0.0588. The summed E-state index contributed by atoms with van der Waals surface area (Å²) >= 11 is 6.01. The van der Waals surface area contributed by atoms with E-state index in [-0.39, 0.29) is 17.4 Å². The van der Waals surface area contributed by atoms with Gasteiger partial charge in [0.2, 0.25) is 5.91 Å². The molecule has 0 saturated heterocycles. The van der Waals surface area contributed by atoms with Gasteiger partial charge in [-0.05, 0) is 85.3 Å². The minimum Gasteiger partial charge on any atom is -0.321 e. The summed E-state index contributed by atoms with van der Waals surface area (Å²) in [6, 6.07) is 29.1. The first kappa shape index (κ1) is 31.8. The standard InChI is InChI=1S/C34H26BrFN4O3S2/c1-21(31(41)40-34-39-30(20-44-34)23-12-16-26(36)17-13-23)45-28-9-5-8-27(19-28)37-33(43)29(18-22-10-14-25(35)15-11-22)38-32(42)24-6-3-2-4-7-24/h2-21H,1H3,(H,37,43)(H,38,42)(H,39,40,41)/b29-18-. The molecule has 226 valence electrons. The maximum atomic E-state index is 13.4. The molecule has 0 radical (unpaired) electrons. The van der Waals surface area contributed by atoms with Crippen molar-refractivity contribution in [3.63, 3.8) is 0 Å². The molecule has 3 N–H and O–H groups in total. The van der Waals surface area contributed by atoms with E-state index in [1.165, 1.54) is 35.2 Å². The predicted octanol–water partition coefficient (Wildman–Crippen LogP) is 8.24. The van der Waals surface area contributed by atoms with Crippen molar-refractivity contribution in [3.8, 4) is 11.3 Å². The normalized spacial score (nSPS) is 11.8. The minimum atomic E-state index is -0.504. The van der Waals surface area contributed by atoms with Crippen molar-refractivity contribution in [3.05, 3.63) is 136 Å². The van der Waals surface area contributed by atoms with Gasteiger partial charge in [-0.1, -0.05) is 52.3 Å². The number of thiazole rings is 1. The number of anilines is 2. The van der Waals surface area contributed by atoms with Crippen LogP contribution in [-0.2, 0) is 9.59 Å². The number of nitrogens with zero attached hydrogens (tertiary/aromatic N) is 1. The summed E-state index contributed by atoms with van der Waals surface area (Å²) in [5, 5.41) is 10.2. The Labute approximate surface area is 276 Å². The van der Waals surface area contributed by atoms with Crippen LogP contribution in [0.1, 0.15) is 22.8 Å². The van der Waals surface area contributed by atoms with E-state index < -0.39 is 17.1 Å². The van der Waals surface area contributed by atoms with Gasteiger partial charge in [-0.3, -0.25) is 14.4 Å². The summed E-state index contributed by atoms with van der Waals surface area (Å²) in [6.45, 7) is 1.78. The molecule has 3 amide bonds. The second kappa shape index (κ2) is 14.9. The third kappa shape index (κ3) is 8.98. The number of aromatic nitrogens is 1. The zero-order valence-corrected chi connectivity index (χ0v) is 27.0. The quantitative estimate of drug-likeness (QED) is 0.101. The molecule has 45 heavy (non-hydrogen) atoms. The Morgan fingerprint density at radius 2 is 1.64 bits per heavy atom. The maximum absolute atomic E-state index is 13.4. The molecule has 0 spiro atoms. The van der Waals surface area contributed by atoms with Gasteiger partial charge in [0.15, 0.2) is 5.13 Å². The zero-order valence-electron chi connectivity index (χ0n) is 23.8. The molecule has 5 aromatic rings. The van der Waals surface area contributed by atoms with Gasteiger partial charge in [-0.25, -0.2) is 9.37 Å². The average molecular weight is 702 g/mol. The van der Waals surface area contributed by atoms with Crippen LogP contribution in [0.15, 0.2) is 124 Å². The van der Waals surface area contributed by atoms with E-state index in [1.807, 2.05) is 36.4 Å². The zero-order chi connectivity index (χ0) is 31.8. The van der Waals surface area contributed by atoms with Crippen molar-refractivity contribution in [2.75, 3.05) is 10.6 Å². The lowest BCUT2D eigenvalue weighted by atomic mass is 10.1. The van der Waals surface area contributed by atoms with Crippen LogP contribution in [0.4, 0.5) is 15.2 Å². The summed E-state index contributed by atoms with van der Waals surface area (Å²) < 4.78 is 14.1. The number of hydrogen-bond acceptors (Lipinski definition) is 6. The molecule has 1 atom stereocenters. The third-order valence-electron chi connectivity index (χ3n) is 6.36. The van der Waals surface area contributed by atoms with Gasteiger partial charge in [0.05, 0.1) is 10.9 Å². The highest BCUT2D eigenvalue weighted by molar-refractivity contribution is 9.10. The van der Waals surface area contributed by atoms with Gasteiger partial charge < -0.3 is 16.0 Å². The number of thioether (sulfide) groups is 1. The second-order valence-electron chi connectivity index (χ2n) is 9.71. The Hall–Kier alpha value is -4.58. The topological polar surface area (TPSA) is 100 Å². The van der Waals surface area contributed by atoms with E-state index >= 15 is 0 Å². The average Bonchev–Trinajstić information content (AvgIpc) is 3.51. The Kier molecular flexibility index (Phi) is 10.6. The van der Waals surface area contributed by atoms with Crippen molar-refractivity contribution in [1.29, 1.82) is 0 Å². The lowest BCUT2D eigenvalue weighted by Crippen LogP contribution is -2.30. The number of carbonyl (C=O) groups excluding carboxylic acids is 3. The number of nitrogens with one attached hydrogen (secondary N) is 3. The second-order valence-corrected chi connectivity index (χ2v) is 12.9. The molecule has 0 aliphatic carbocycles. The van der Waals surface area contributed by atoms with Crippen LogP contribution in [0.2, 0.25) is 0 Å². The molecule has 1 heterocycles. The van der Waals surface area contributed by atoms with Gasteiger partial charge in [-0.15, -0.1) is 23.1 Å². The van der Waals surface area contributed by atoms with Crippen LogP contribution in [0.3, 0.4) is 0 Å². The summed E-state index contributed by atoms with van der Waals surface area (Å²) in [6.07, 6.45) is 1.60. The molecule has 1 unspecified atom stereocenters. The monoisotopic (exact) mass is 700 g/mol. The van der Waals surface area contributed by atoms with Crippen molar-refractivity contribution < 1.29 is 18.8 Å². The van der Waals surface area contributed by atoms with E-state index in [0.29, 0.717) is 22.1 Å². The lowest BCUT2D eigenvalue weighted by molar-refractivity contribution is -0.115. The molecular formula is C34H26BrFN4O3S2. The largest absolute Gasteiger partial charge is 0.321 e. The van der Waals surface area contributed by atoms with Crippen molar-refractivity contribution in [1.82, 2.24) is 10.3 Å². The van der Waals surface area contributed by atoms with Gasteiger partial charge in [0, 0.05) is 31.6 Å². The highest BCUT2D eigenvalue weighted by Gasteiger charge is 2.18. The van der Waals surface area contributed by atoms with Crippen LogP contribution >= 0.6 is 39.0 Å². The highest BCUT2D eigenvalue weighted by Crippen LogP contribution is 2.29. The van der Waals surface area contributed by atoms with E-state index in [0.717, 1.165) is 20.5 Å². The SMILES string of the molecule is CC(Sc1cccc(NC(=O)/C(=C/c2ccc(Br)cc2)NC(=O)c2ccccc2)c1)C(=O)Nc1nc(-c2ccc(F)cc2)cs1. The Bertz CT molecular complexity index is 1850. The van der Waals surface area contributed by atoms with Crippen molar-refractivity contribution in [2.45, 2.75) is 17.1 Å². The van der Waals surface area contributed by atoms with E-state index in [1.54, 1.807) is 73.0 Å². The lowest BCUT2D eigenvalue weighted by Gasteiger charge is -2.13. The number of halogens is 2. The Balaban J connectivity index is 1.25. The molecule has 0 aliphatic heterocycles. The molecule has 1 aromatic heterocycles. The number of hydrogen-bond donors (Lipinski definition) is 3. The summed E-state index contributed by atoms with van der Waals surface area (Å²) in [5.74, 6) is -1.48. The first-order valence-electron chi connectivity index (χ1n) is 13.7. The van der Waals surface area contributed by atoms with Crippen LogP contribution < -0.4 is 16.0 Å². The smallest absolute Gasteiger partial charge is 0.272 e.